The quantitative estimate of drug-likeness (QED) is 0.0417. The van der Waals surface area contributed by atoms with Crippen molar-refractivity contribution in [3.63, 3.8) is 0 Å². The normalized spacial score (nSPS) is 24.4. The topological polar surface area (TPSA) is 317 Å². The summed E-state index contributed by atoms with van der Waals surface area (Å²) < 4.78 is 0. The molecule has 5 rings (SSSR count). The van der Waals surface area contributed by atoms with Crippen molar-refractivity contribution in [2.24, 2.45) is 28.1 Å². The Morgan fingerprint density at radius 2 is 1.48 bits per heavy atom. The highest BCUT2D eigenvalue weighted by atomic mass is 16.3. The number of pyridine rings is 1. The summed E-state index contributed by atoms with van der Waals surface area (Å²) in [4.78, 5) is 81.3. The molecule has 19 nitrogen and oxygen atoms in total. The summed E-state index contributed by atoms with van der Waals surface area (Å²) in [6.07, 6.45) is 4.88. The second-order valence-corrected chi connectivity index (χ2v) is 17.2. The smallest absolute Gasteiger partial charge is 0.243 e. The molecule has 1 aliphatic rings. The van der Waals surface area contributed by atoms with Crippen LogP contribution in [0.1, 0.15) is 75.0 Å². The fourth-order valence-electron chi connectivity index (χ4n) is 8.00. The Hall–Kier alpha value is -6.25. The minimum Gasteiger partial charge on any atom is -0.377 e. The Labute approximate surface area is 391 Å². The SMILES string of the molecule is C[C@H]1CCC(=O)CCNCCCC[C@@H]([C@@H](N)O)NC(=O)[C@H](Cc2c[nH]c3ccccc23)NC(=O)[C@H](CCCN=C(N)N)N[C@@H](O)[C@@H](Cc2ccccc2)NC(=O)[C@H](Cc2cccnc2)NC1=O. The van der Waals surface area contributed by atoms with Gasteiger partial charge in [0, 0.05) is 74.2 Å². The number of H-pyrrole nitrogens is 1. The third-order valence-electron chi connectivity index (χ3n) is 11.9. The summed E-state index contributed by atoms with van der Waals surface area (Å²) in [5, 5.41) is 41.4. The van der Waals surface area contributed by atoms with E-state index in [0.29, 0.717) is 37.9 Å². The summed E-state index contributed by atoms with van der Waals surface area (Å²) in [5.74, 6) is -2.99. The number of hydrogen-bond donors (Lipinski definition) is 12. The number of rotatable bonds is 11. The zero-order chi connectivity index (χ0) is 48.1. The fraction of sp³-hybridized carbons (Fsp3) is 0.479. The average Bonchev–Trinajstić information content (AvgIpc) is 3.72. The Morgan fingerprint density at radius 3 is 2.22 bits per heavy atom. The predicted octanol–water partition coefficient (Wildman–Crippen LogP) is 0.286. The molecule has 0 spiro atoms. The van der Waals surface area contributed by atoms with E-state index in [2.05, 4.69) is 46.9 Å². The van der Waals surface area contributed by atoms with Crippen LogP contribution in [0.4, 0.5) is 0 Å². The molecule has 362 valence electrons. The lowest BCUT2D eigenvalue weighted by Gasteiger charge is -2.31. The highest BCUT2D eigenvalue weighted by molar-refractivity contribution is 5.92. The molecular formula is C48H68N12O7. The van der Waals surface area contributed by atoms with Crippen LogP contribution in [0, 0.1) is 5.92 Å². The molecule has 4 amide bonds. The van der Waals surface area contributed by atoms with E-state index in [9.17, 15) is 34.2 Å². The third kappa shape index (κ3) is 17.2. The first-order valence-electron chi connectivity index (χ1n) is 23.1. The molecule has 0 bridgehead atoms. The Morgan fingerprint density at radius 1 is 0.776 bits per heavy atom. The van der Waals surface area contributed by atoms with E-state index in [0.717, 1.165) is 22.0 Å². The van der Waals surface area contributed by atoms with E-state index in [1.54, 1.807) is 37.6 Å². The second kappa shape index (κ2) is 26.8. The molecule has 1 fully saturated rings. The number of hydrogen-bond acceptors (Lipinski definition) is 12. The van der Waals surface area contributed by atoms with E-state index in [-0.39, 0.29) is 69.7 Å². The largest absolute Gasteiger partial charge is 0.377 e. The second-order valence-electron chi connectivity index (χ2n) is 17.2. The Bertz CT molecular complexity index is 2220. The third-order valence-corrected chi connectivity index (χ3v) is 11.9. The molecule has 1 aliphatic heterocycles. The molecule has 67 heavy (non-hydrogen) atoms. The zero-order valence-corrected chi connectivity index (χ0v) is 38.2. The number of ketones is 1. The van der Waals surface area contributed by atoms with Crippen molar-refractivity contribution in [1.82, 2.24) is 41.9 Å². The van der Waals surface area contributed by atoms with Crippen LogP contribution in [0.5, 0.6) is 0 Å². The summed E-state index contributed by atoms with van der Waals surface area (Å²) in [6, 6.07) is 14.8. The number of carbonyl (C=O) groups excluding carboxylic acids is 5. The van der Waals surface area contributed by atoms with E-state index in [1.807, 2.05) is 54.6 Å². The first-order valence-corrected chi connectivity index (χ1v) is 23.1. The number of fused-ring (bicyclic) bond motifs is 1. The van der Waals surface area contributed by atoms with Gasteiger partial charge in [0.05, 0.1) is 18.1 Å². The summed E-state index contributed by atoms with van der Waals surface area (Å²) >= 11 is 0. The number of aromatic amines is 1. The first kappa shape index (κ1) is 51.7. The number of nitrogens with zero attached hydrogens (tertiary/aromatic N) is 2. The lowest BCUT2D eigenvalue weighted by Crippen LogP contribution is -2.61. The number of aromatic nitrogens is 2. The van der Waals surface area contributed by atoms with Crippen molar-refractivity contribution in [1.29, 1.82) is 0 Å². The van der Waals surface area contributed by atoms with Gasteiger partial charge < -0.3 is 59.0 Å². The van der Waals surface area contributed by atoms with Gasteiger partial charge in [0.1, 0.15) is 30.3 Å². The van der Waals surface area contributed by atoms with Crippen molar-refractivity contribution >= 4 is 46.3 Å². The number of aliphatic hydroxyl groups is 2. The Balaban J connectivity index is 1.49. The van der Waals surface area contributed by atoms with Gasteiger partial charge in [0.2, 0.25) is 23.6 Å². The molecule has 15 N–H and O–H groups in total. The van der Waals surface area contributed by atoms with Crippen molar-refractivity contribution in [2.75, 3.05) is 19.6 Å². The van der Waals surface area contributed by atoms with Gasteiger partial charge in [-0.1, -0.05) is 61.5 Å². The maximum absolute atomic E-state index is 14.6. The fourth-order valence-corrected chi connectivity index (χ4v) is 8.00. The molecule has 3 heterocycles. The molecule has 0 saturated carbocycles. The number of benzene rings is 2. The maximum Gasteiger partial charge on any atom is 0.243 e. The van der Waals surface area contributed by atoms with Crippen LogP contribution in [0.3, 0.4) is 0 Å². The molecule has 0 radical (unpaired) electrons. The van der Waals surface area contributed by atoms with E-state index < -0.39 is 72.2 Å². The number of nitrogens with one attached hydrogen (secondary N) is 7. The van der Waals surface area contributed by atoms with Crippen molar-refractivity contribution in [3.8, 4) is 0 Å². The van der Waals surface area contributed by atoms with Gasteiger partial charge in [-0.15, -0.1) is 0 Å². The van der Waals surface area contributed by atoms with Crippen LogP contribution in [0.15, 0.2) is 90.3 Å². The standard InChI is InChI=1S/C48H68N12O7/c1-30-18-19-34(61)20-24-52-21-8-7-16-37(42(49)62)56-47(67)41(27-33-29-55-36-15-6-5-14-35(33)36)60-44(64)38(17-10-23-54-48(50)51)57-45(65)39(25-31-11-3-2-4-12-31)59-46(66)40(58-43(30)63)26-32-13-9-22-53-28-32/h2-6,9,11-15,22,28-30,37-42,45,52,55,57,62,65H,7-8,10,16-21,23-27,49H2,1H3,(H,56,67)(H,58,63)(H,59,66)(H,60,64)(H4,50,51,54)/t30-,37-,38-,39+,40-,41-,42-,45-/m0/s1. The van der Waals surface area contributed by atoms with Crippen LogP contribution in [-0.2, 0) is 43.2 Å². The van der Waals surface area contributed by atoms with Gasteiger partial charge in [-0.2, -0.15) is 0 Å². The summed E-state index contributed by atoms with van der Waals surface area (Å²) in [5.41, 5.74) is 20.2. The lowest BCUT2D eigenvalue weighted by atomic mass is 9.99. The van der Waals surface area contributed by atoms with E-state index >= 15 is 0 Å². The number of Topliss-reactive ketones (excluding diaryl/α,β-unsaturated/α-hetero) is 1. The van der Waals surface area contributed by atoms with E-state index in [1.165, 1.54) is 0 Å². The molecule has 2 aromatic carbocycles. The summed E-state index contributed by atoms with van der Waals surface area (Å²) in [6.45, 7) is 2.86. The number of guanidine groups is 1. The lowest BCUT2D eigenvalue weighted by molar-refractivity contribution is -0.132. The van der Waals surface area contributed by atoms with Gasteiger partial charge in [0.15, 0.2) is 5.96 Å². The van der Waals surface area contributed by atoms with Crippen LogP contribution in [0.2, 0.25) is 0 Å². The van der Waals surface area contributed by atoms with E-state index in [4.69, 9.17) is 17.2 Å². The monoisotopic (exact) mass is 925 g/mol. The number of carbonyl (C=O) groups is 5. The van der Waals surface area contributed by atoms with Crippen molar-refractivity contribution < 1.29 is 34.2 Å². The van der Waals surface area contributed by atoms with Crippen LogP contribution < -0.4 is 49.1 Å². The number of aliphatic imine (C=N–C) groups is 1. The molecule has 1 saturated heterocycles. The molecular weight excluding hydrogens is 857 g/mol. The van der Waals surface area contributed by atoms with Gasteiger partial charge in [0.25, 0.3) is 0 Å². The molecule has 4 aromatic rings. The molecule has 0 aliphatic carbocycles. The number of amides is 4. The highest BCUT2D eigenvalue weighted by Gasteiger charge is 2.34. The van der Waals surface area contributed by atoms with Gasteiger partial charge in [-0.05, 0) is 80.3 Å². The Kier molecular flexibility index (Phi) is 20.7. The van der Waals surface area contributed by atoms with Crippen LogP contribution in [-0.4, -0.2) is 118 Å². The number of aliphatic hydroxyl groups excluding tert-OH is 2. The molecule has 0 unspecified atom stereocenters. The van der Waals surface area contributed by atoms with Gasteiger partial charge >= 0.3 is 0 Å². The van der Waals surface area contributed by atoms with Crippen molar-refractivity contribution in [2.45, 2.75) is 120 Å². The first-order chi connectivity index (χ1) is 32.3. The zero-order valence-electron chi connectivity index (χ0n) is 38.2. The number of nitrogens with two attached hydrogens (primary N) is 3. The minimum atomic E-state index is -1.56. The van der Waals surface area contributed by atoms with Gasteiger partial charge in [-0.25, -0.2) is 0 Å². The minimum absolute atomic E-state index is 0.0126. The number of para-hydroxylation sites is 1. The summed E-state index contributed by atoms with van der Waals surface area (Å²) in [7, 11) is 0. The average molecular weight is 925 g/mol. The molecule has 8 atom stereocenters. The van der Waals surface area contributed by atoms with Gasteiger partial charge in [-0.3, -0.25) is 39.3 Å². The van der Waals surface area contributed by atoms with Crippen molar-refractivity contribution in [3.05, 3.63) is 102 Å². The maximum atomic E-state index is 14.6. The predicted molar refractivity (Wildman–Crippen MR) is 256 cm³/mol. The highest BCUT2D eigenvalue weighted by Crippen LogP contribution is 2.20. The van der Waals surface area contributed by atoms with Crippen LogP contribution in [0.25, 0.3) is 10.9 Å². The molecule has 2 aromatic heterocycles. The molecule has 19 heteroatoms. The van der Waals surface area contributed by atoms with Crippen LogP contribution >= 0.6 is 0 Å².